The fourth-order valence-electron chi connectivity index (χ4n) is 1.33. The first-order chi connectivity index (χ1) is 5.41. The molecule has 0 aromatic carbocycles. The highest BCUT2D eigenvalue weighted by molar-refractivity contribution is 8.28. The molecule has 4 heteroatoms. The van der Waals surface area contributed by atoms with E-state index < -0.39 is 0 Å². The van der Waals surface area contributed by atoms with E-state index in [0.29, 0.717) is 4.08 Å². The Hall–Kier alpha value is 1.40. The van der Waals surface area contributed by atoms with Crippen LogP contribution in [-0.2, 0) is 0 Å². The van der Waals surface area contributed by atoms with E-state index in [2.05, 4.69) is 47.0 Å². The maximum Gasteiger partial charge on any atom is 0.0643 e. The molecule has 0 unspecified atom stereocenters. The molecule has 0 aromatic rings. The van der Waals surface area contributed by atoms with E-state index in [0.717, 1.165) is 0 Å². The van der Waals surface area contributed by atoms with Crippen LogP contribution < -0.4 is 0 Å². The lowest BCUT2D eigenvalue weighted by Crippen LogP contribution is -2.28. The molecule has 0 amide bonds. The van der Waals surface area contributed by atoms with E-state index in [4.69, 9.17) is 0 Å². The van der Waals surface area contributed by atoms with Crippen molar-refractivity contribution in [1.82, 2.24) is 0 Å². The maximum atomic E-state index is 2.20. The van der Waals surface area contributed by atoms with E-state index >= 15 is 0 Å². The fraction of sp³-hybridized carbons (Fsp3) is 1.00. The van der Waals surface area contributed by atoms with E-state index in [1.54, 1.807) is 0 Å². The molecule has 1 spiro atoms. The average molecular weight is 224 g/mol. The number of thioether (sulfide) groups is 4. The standard InChI is InChI=1S/C7H12S4/c1-3-8-5-10-7(1)2-4-9-6-11-7/h1-6H2. The quantitative estimate of drug-likeness (QED) is 0.618. The van der Waals surface area contributed by atoms with E-state index in [-0.39, 0.29) is 0 Å². The molecule has 0 aliphatic carbocycles. The van der Waals surface area contributed by atoms with Crippen molar-refractivity contribution in [3.8, 4) is 0 Å². The second-order valence-electron chi connectivity index (χ2n) is 2.75. The second kappa shape index (κ2) is 4.07. The third-order valence-corrected chi connectivity index (χ3v) is 7.90. The smallest absolute Gasteiger partial charge is 0.0643 e. The highest BCUT2D eigenvalue weighted by Gasteiger charge is 2.35. The van der Waals surface area contributed by atoms with Crippen molar-refractivity contribution in [1.29, 1.82) is 0 Å². The van der Waals surface area contributed by atoms with Crippen molar-refractivity contribution in [2.75, 3.05) is 21.7 Å². The number of hydrogen-bond donors (Lipinski definition) is 0. The van der Waals surface area contributed by atoms with Gasteiger partial charge in [-0.2, -0.15) is 23.5 Å². The molecule has 2 aliphatic rings. The zero-order chi connectivity index (χ0) is 7.57. The van der Waals surface area contributed by atoms with Crippen LogP contribution in [-0.4, -0.2) is 25.8 Å². The van der Waals surface area contributed by atoms with Crippen molar-refractivity contribution >= 4 is 47.0 Å². The third-order valence-electron chi connectivity index (χ3n) is 2.07. The molecule has 2 heterocycles. The van der Waals surface area contributed by atoms with Crippen LogP contribution in [0.4, 0.5) is 0 Å². The van der Waals surface area contributed by atoms with Gasteiger partial charge in [0.1, 0.15) is 0 Å². The Bertz CT molecular complexity index is 105. The van der Waals surface area contributed by atoms with Gasteiger partial charge in [0, 0.05) is 10.2 Å². The van der Waals surface area contributed by atoms with Crippen molar-refractivity contribution in [2.24, 2.45) is 0 Å². The van der Waals surface area contributed by atoms with Crippen LogP contribution in [0.3, 0.4) is 0 Å². The molecule has 2 aliphatic heterocycles. The molecule has 0 atom stereocenters. The van der Waals surface area contributed by atoms with Gasteiger partial charge >= 0.3 is 0 Å². The highest BCUT2D eigenvalue weighted by Crippen LogP contribution is 2.52. The van der Waals surface area contributed by atoms with Gasteiger partial charge in [0.2, 0.25) is 0 Å². The van der Waals surface area contributed by atoms with Gasteiger partial charge in [0.15, 0.2) is 0 Å². The van der Waals surface area contributed by atoms with Crippen LogP contribution in [0.5, 0.6) is 0 Å². The molecule has 2 rings (SSSR count). The first-order valence-corrected chi connectivity index (χ1v) is 8.13. The number of hydrogen-bond acceptors (Lipinski definition) is 4. The topological polar surface area (TPSA) is 0 Å². The zero-order valence-corrected chi connectivity index (χ0v) is 9.64. The summed E-state index contributed by atoms with van der Waals surface area (Å²) >= 11 is 8.61. The minimum Gasteiger partial charge on any atom is -0.151 e. The minimum atomic E-state index is 0.649. The summed E-state index contributed by atoms with van der Waals surface area (Å²) in [5.74, 6) is 2.79. The third kappa shape index (κ3) is 2.20. The Balaban J connectivity index is 1.94. The molecular formula is C7H12S4. The van der Waals surface area contributed by atoms with E-state index in [1.165, 1.54) is 34.5 Å². The van der Waals surface area contributed by atoms with Crippen LogP contribution >= 0.6 is 47.0 Å². The normalized spacial score (nSPS) is 30.5. The lowest BCUT2D eigenvalue weighted by atomic mass is 10.2. The van der Waals surface area contributed by atoms with Gasteiger partial charge in [-0.1, -0.05) is 0 Å². The summed E-state index contributed by atoms with van der Waals surface area (Å²) in [6.07, 6.45) is 2.88. The van der Waals surface area contributed by atoms with Crippen molar-refractivity contribution < 1.29 is 0 Å². The van der Waals surface area contributed by atoms with Gasteiger partial charge in [-0.25, -0.2) is 0 Å². The molecule has 11 heavy (non-hydrogen) atoms. The average Bonchev–Trinajstić information content (AvgIpc) is 2.07. The molecule has 0 N–H and O–H groups in total. The Morgan fingerprint density at radius 1 is 0.818 bits per heavy atom. The highest BCUT2D eigenvalue weighted by atomic mass is 32.2. The Kier molecular flexibility index (Phi) is 3.32. The molecule has 0 nitrogen and oxygen atoms in total. The molecule has 2 fully saturated rings. The van der Waals surface area contributed by atoms with Crippen molar-refractivity contribution in [3.05, 3.63) is 0 Å². The van der Waals surface area contributed by atoms with E-state index in [1.807, 2.05) is 0 Å². The van der Waals surface area contributed by atoms with Crippen molar-refractivity contribution in [2.45, 2.75) is 16.9 Å². The summed E-state index contributed by atoms with van der Waals surface area (Å²) in [5, 5.41) is 2.66. The van der Waals surface area contributed by atoms with Crippen molar-refractivity contribution in [3.63, 3.8) is 0 Å². The second-order valence-corrected chi connectivity index (χ2v) is 8.67. The molecule has 0 bridgehead atoms. The lowest BCUT2D eigenvalue weighted by Gasteiger charge is -2.38. The monoisotopic (exact) mass is 224 g/mol. The Morgan fingerprint density at radius 2 is 1.36 bits per heavy atom. The zero-order valence-electron chi connectivity index (χ0n) is 6.38. The molecule has 2 saturated heterocycles. The lowest BCUT2D eigenvalue weighted by molar-refractivity contribution is 0.747. The maximum absolute atomic E-state index is 2.20. The molecule has 0 saturated carbocycles. The van der Waals surface area contributed by atoms with Crippen LogP contribution in [0.2, 0.25) is 0 Å². The predicted molar refractivity (Wildman–Crippen MR) is 61.8 cm³/mol. The summed E-state index contributed by atoms with van der Waals surface area (Å²) in [5.41, 5.74) is 0. The van der Waals surface area contributed by atoms with E-state index in [9.17, 15) is 0 Å². The van der Waals surface area contributed by atoms with Gasteiger partial charge in [0.05, 0.1) is 4.08 Å². The van der Waals surface area contributed by atoms with Crippen LogP contribution in [0, 0.1) is 0 Å². The molecule has 0 radical (unpaired) electrons. The minimum absolute atomic E-state index is 0.649. The van der Waals surface area contributed by atoms with Gasteiger partial charge in [-0.3, -0.25) is 0 Å². The number of rotatable bonds is 0. The van der Waals surface area contributed by atoms with Gasteiger partial charge in [-0.15, -0.1) is 23.5 Å². The first kappa shape index (κ1) is 8.97. The summed E-state index contributed by atoms with van der Waals surface area (Å²) in [6, 6.07) is 0. The molecule has 0 aromatic heterocycles. The van der Waals surface area contributed by atoms with Gasteiger partial charge in [-0.05, 0) is 24.3 Å². The summed E-state index contributed by atoms with van der Waals surface area (Å²) in [4.78, 5) is 0. The Labute approximate surface area is 85.4 Å². The van der Waals surface area contributed by atoms with Crippen LogP contribution in [0.25, 0.3) is 0 Å². The Morgan fingerprint density at radius 3 is 1.73 bits per heavy atom. The molecule has 64 valence electrons. The summed E-state index contributed by atoms with van der Waals surface area (Å²) < 4.78 is 0.649. The largest absolute Gasteiger partial charge is 0.151 e. The van der Waals surface area contributed by atoms with Gasteiger partial charge < -0.3 is 0 Å². The first-order valence-electron chi connectivity index (χ1n) is 3.85. The fourth-order valence-corrected chi connectivity index (χ4v) is 8.34. The SMILES string of the molecule is C1CC2(CCSCS2)SCS1. The summed E-state index contributed by atoms with van der Waals surface area (Å²) in [6.45, 7) is 0. The van der Waals surface area contributed by atoms with Crippen LogP contribution in [0.1, 0.15) is 12.8 Å². The van der Waals surface area contributed by atoms with Gasteiger partial charge in [0.25, 0.3) is 0 Å². The molecular weight excluding hydrogens is 212 g/mol. The summed E-state index contributed by atoms with van der Waals surface area (Å²) in [7, 11) is 0. The predicted octanol–water partition coefficient (Wildman–Crippen LogP) is 3.34. The van der Waals surface area contributed by atoms with Crippen LogP contribution in [0.15, 0.2) is 0 Å².